The third-order valence-corrected chi connectivity index (χ3v) is 4.94. The maximum absolute atomic E-state index is 4.74. The van der Waals surface area contributed by atoms with E-state index in [1.807, 2.05) is 12.3 Å². The summed E-state index contributed by atoms with van der Waals surface area (Å²) >= 11 is 0. The van der Waals surface area contributed by atoms with Gasteiger partial charge in [-0.15, -0.1) is 0 Å². The number of hydrogen-bond donors (Lipinski definition) is 0. The molecule has 0 atom stereocenters. The lowest BCUT2D eigenvalue weighted by molar-refractivity contribution is 0.744. The molecule has 0 aliphatic heterocycles. The van der Waals surface area contributed by atoms with Gasteiger partial charge in [-0.05, 0) is 56.4 Å². The normalized spacial score (nSPS) is 14.9. The van der Waals surface area contributed by atoms with Crippen LogP contribution in [0, 0.1) is 20.8 Å². The van der Waals surface area contributed by atoms with Crippen LogP contribution in [-0.2, 0) is 0 Å². The first kappa shape index (κ1) is 14.3. The molecule has 4 rings (SSSR count). The lowest BCUT2D eigenvalue weighted by Gasteiger charge is -2.09. The van der Waals surface area contributed by atoms with E-state index in [1.165, 1.54) is 46.1 Å². The Morgan fingerprint density at radius 3 is 2.48 bits per heavy atom. The second-order valence-corrected chi connectivity index (χ2v) is 6.61. The Morgan fingerprint density at radius 2 is 1.78 bits per heavy atom. The zero-order chi connectivity index (χ0) is 16.0. The Bertz CT molecular complexity index is 897. The van der Waals surface area contributed by atoms with Gasteiger partial charge >= 0.3 is 0 Å². The molecule has 3 aromatic rings. The highest BCUT2D eigenvalue weighted by molar-refractivity contribution is 5.94. The number of hydrogen-bond acceptors (Lipinski definition) is 1. The molecule has 0 spiro atoms. The standard InChI is InChI=1S/C21H22N2/c1-14-13-22-19(12-9-17-7-5-4-6-8-17)21-20(14)15(2)16(3)23(21)18-10-11-18/h4-9,12-13,18H,10-11H2,1-3H3. The first-order valence-corrected chi connectivity index (χ1v) is 8.36. The van der Waals surface area contributed by atoms with Crippen LogP contribution in [0.3, 0.4) is 0 Å². The van der Waals surface area contributed by atoms with Crippen LogP contribution in [0.15, 0.2) is 36.5 Å². The number of aromatic nitrogens is 2. The van der Waals surface area contributed by atoms with Crippen LogP contribution >= 0.6 is 0 Å². The molecule has 1 fully saturated rings. The van der Waals surface area contributed by atoms with E-state index in [9.17, 15) is 0 Å². The monoisotopic (exact) mass is 302 g/mol. The van der Waals surface area contributed by atoms with Gasteiger partial charge in [0.1, 0.15) is 0 Å². The van der Waals surface area contributed by atoms with E-state index in [0.717, 1.165) is 5.69 Å². The van der Waals surface area contributed by atoms with E-state index in [0.29, 0.717) is 6.04 Å². The van der Waals surface area contributed by atoms with Gasteiger partial charge < -0.3 is 4.57 Å². The Kier molecular flexibility index (Phi) is 3.33. The molecule has 0 bridgehead atoms. The highest BCUT2D eigenvalue weighted by atomic mass is 15.1. The molecule has 2 heterocycles. The van der Waals surface area contributed by atoms with Gasteiger partial charge in [0.2, 0.25) is 0 Å². The van der Waals surface area contributed by atoms with E-state index >= 15 is 0 Å². The summed E-state index contributed by atoms with van der Waals surface area (Å²) in [5.74, 6) is 0. The van der Waals surface area contributed by atoms with Gasteiger partial charge in [0.05, 0.1) is 11.2 Å². The molecule has 2 heteroatoms. The Hall–Kier alpha value is -2.35. The lowest BCUT2D eigenvalue weighted by Crippen LogP contribution is -1.99. The van der Waals surface area contributed by atoms with Crippen LogP contribution in [0.1, 0.15) is 47.0 Å². The highest BCUT2D eigenvalue weighted by Crippen LogP contribution is 2.42. The van der Waals surface area contributed by atoms with E-state index in [-0.39, 0.29) is 0 Å². The maximum Gasteiger partial charge on any atom is 0.0873 e. The summed E-state index contributed by atoms with van der Waals surface area (Å²) < 4.78 is 2.52. The Balaban J connectivity index is 1.92. The van der Waals surface area contributed by atoms with Crippen molar-refractivity contribution in [2.75, 3.05) is 0 Å². The number of benzene rings is 1. The van der Waals surface area contributed by atoms with Crippen molar-refractivity contribution in [2.45, 2.75) is 39.7 Å². The molecule has 2 nitrogen and oxygen atoms in total. The molecule has 0 radical (unpaired) electrons. The topological polar surface area (TPSA) is 17.8 Å². The number of rotatable bonds is 3. The van der Waals surface area contributed by atoms with Gasteiger partial charge in [0.15, 0.2) is 0 Å². The molecule has 23 heavy (non-hydrogen) atoms. The molecule has 1 aliphatic carbocycles. The molecule has 2 aromatic heterocycles. The molecule has 0 unspecified atom stereocenters. The zero-order valence-corrected chi connectivity index (χ0v) is 14.0. The van der Waals surface area contributed by atoms with Crippen molar-refractivity contribution in [3.8, 4) is 0 Å². The summed E-state index contributed by atoms with van der Waals surface area (Å²) in [6.45, 7) is 6.66. The average molecular weight is 302 g/mol. The average Bonchev–Trinajstić information content (AvgIpc) is 3.36. The molecule has 1 aliphatic rings. The second kappa shape index (κ2) is 5.38. The minimum Gasteiger partial charge on any atom is -0.340 e. The smallest absolute Gasteiger partial charge is 0.0873 e. The quantitative estimate of drug-likeness (QED) is 0.627. The lowest BCUT2D eigenvalue weighted by atomic mass is 10.1. The van der Waals surface area contributed by atoms with E-state index in [4.69, 9.17) is 4.98 Å². The van der Waals surface area contributed by atoms with Gasteiger partial charge in [-0.3, -0.25) is 4.98 Å². The minimum atomic E-state index is 0.665. The van der Waals surface area contributed by atoms with E-state index < -0.39 is 0 Å². The third kappa shape index (κ3) is 2.39. The van der Waals surface area contributed by atoms with Crippen molar-refractivity contribution in [1.82, 2.24) is 9.55 Å². The van der Waals surface area contributed by atoms with Gasteiger partial charge in [0, 0.05) is 23.3 Å². The predicted octanol–water partition coefficient (Wildman–Crippen LogP) is 5.47. The molecule has 116 valence electrons. The fraction of sp³-hybridized carbons (Fsp3) is 0.286. The van der Waals surface area contributed by atoms with Crippen LogP contribution < -0.4 is 0 Å². The van der Waals surface area contributed by atoms with Crippen molar-refractivity contribution in [3.05, 3.63) is 64.6 Å². The fourth-order valence-electron chi connectivity index (χ4n) is 3.50. The maximum atomic E-state index is 4.74. The summed E-state index contributed by atoms with van der Waals surface area (Å²) in [7, 11) is 0. The third-order valence-electron chi connectivity index (χ3n) is 4.94. The first-order chi connectivity index (χ1) is 11.2. The van der Waals surface area contributed by atoms with Crippen LogP contribution in [0.5, 0.6) is 0 Å². The SMILES string of the molecule is Cc1cnc(C=Cc2ccccc2)c2c1c(C)c(C)n2C1CC1. The van der Waals surface area contributed by atoms with Crippen LogP contribution in [0.2, 0.25) is 0 Å². The van der Waals surface area contributed by atoms with Crippen molar-refractivity contribution >= 4 is 23.1 Å². The number of nitrogens with zero attached hydrogens (tertiary/aromatic N) is 2. The molecule has 0 saturated heterocycles. The summed E-state index contributed by atoms with van der Waals surface area (Å²) in [6.07, 6.45) is 8.91. The van der Waals surface area contributed by atoms with Gasteiger partial charge in [-0.2, -0.15) is 0 Å². The molecular formula is C21H22N2. The predicted molar refractivity (Wildman–Crippen MR) is 97.6 cm³/mol. The van der Waals surface area contributed by atoms with Gasteiger partial charge in [0.25, 0.3) is 0 Å². The minimum absolute atomic E-state index is 0.665. The summed E-state index contributed by atoms with van der Waals surface area (Å²) in [5.41, 5.74) is 7.68. The summed E-state index contributed by atoms with van der Waals surface area (Å²) in [4.78, 5) is 4.74. The molecule has 1 saturated carbocycles. The number of fused-ring (bicyclic) bond motifs is 1. The van der Waals surface area contributed by atoms with Crippen molar-refractivity contribution < 1.29 is 0 Å². The zero-order valence-electron chi connectivity index (χ0n) is 14.0. The molecule has 0 amide bonds. The Labute approximate surface area is 137 Å². The number of pyridine rings is 1. The van der Waals surface area contributed by atoms with E-state index in [2.05, 4.69) is 61.8 Å². The molecule has 0 N–H and O–H groups in total. The summed E-state index contributed by atoms with van der Waals surface area (Å²) in [5, 5.41) is 1.39. The van der Waals surface area contributed by atoms with Crippen molar-refractivity contribution in [2.24, 2.45) is 0 Å². The number of aryl methyl sites for hydroxylation is 2. The van der Waals surface area contributed by atoms with E-state index in [1.54, 1.807) is 0 Å². The van der Waals surface area contributed by atoms with Crippen molar-refractivity contribution in [1.29, 1.82) is 0 Å². The Morgan fingerprint density at radius 1 is 1.04 bits per heavy atom. The van der Waals surface area contributed by atoms with Crippen LogP contribution in [0.4, 0.5) is 0 Å². The van der Waals surface area contributed by atoms with Gasteiger partial charge in [-0.1, -0.05) is 36.4 Å². The summed E-state index contributed by atoms with van der Waals surface area (Å²) in [6, 6.07) is 11.1. The highest BCUT2D eigenvalue weighted by Gasteiger charge is 2.29. The first-order valence-electron chi connectivity index (χ1n) is 8.36. The van der Waals surface area contributed by atoms with Crippen LogP contribution in [-0.4, -0.2) is 9.55 Å². The largest absolute Gasteiger partial charge is 0.340 e. The molecule has 1 aromatic carbocycles. The van der Waals surface area contributed by atoms with Gasteiger partial charge in [-0.25, -0.2) is 0 Å². The second-order valence-electron chi connectivity index (χ2n) is 6.61. The van der Waals surface area contributed by atoms with Crippen LogP contribution in [0.25, 0.3) is 23.1 Å². The van der Waals surface area contributed by atoms with Crippen molar-refractivity contribution in [3.63, 3.8) is 0 Å². The fourth-order valence-corrected chi connectivity index (χ4v) is 3.50. The molecular weight excluding hydrogens is 280 g/mol.